The van der Waals surface area contributed by atoms with E-state index in [0.29, 0.717) is 5.92 Å². The van der Waals surface area contributed by atoms with E-state index < -0.39 is 0 Å². The molecular formula is C12H11Br. The number of benzene rings is 1. The molecule has 0 saturated heterocycles. The Morgan fingerprint density at radius 1 is 1.38 bits per heavy atom. The first kappa shape index (κ1) is 8.84. The minimum absolute atomic E-state index is 0.684. The highest BCUT2D eigenvalue weighted by Crippen LogP contribution is 2.27. The van der Waals surface area contributed by atoms with Gasteiger partial charge in [0.1, 0.15) is 0 Å². The van der Waals surface area contributed by atoms with E-state index in [4.69, 9.17) is 0 Å². The second-order valence-electron chi connectivity index (χ2n) is 3.51. The standard InChI is InChI=1S/C12H11Br/c1-9-8-11(6-7-12(9)13)5-4-10-2-3-10/h6-8,10H,2-3H2,1H3. The lowest BCUT2D eigenvalue weighted by Crippen LogP contribution is -1.79. The summed E-state index contributed by atoms with van der Waals surface area (Å²) in [4.78, 5) is 0. The van der Waals surface area contributed by atoms with Crippen LogP contribution < -0.4 is 0 Å². The van der Waals surface area contributed by atoms with Gasteiger partial charge in [0.2, 0.25) is 0 Å². The van der Waals surface area contributed by atoms with Crippen molar-refractivity contribution in [2.24, 2.45) is 5.92 Å². The molecule has 1 aromatic rings. The molecule has 0 nitrogen and oxygen atoms in total. The number of aryl methyl sites for hydroxylation is 1. The van der Waals surface area contributed by atoms with Crippen LogP contribution in [0.3, 0.4) is 0 Å². The summed E-state index contributed by atoms with van der Waals surface area (Å²) in [6.07, 6.45) is 2.59. The highest BCUT2D eigenvalue weighted by Gasteiger charge is 2.17. The van der Waals surface area contributed by atoms with Gasteiger partial charge in [-0.15, -0.1) is 0 Å². The molecule has 0 bridgehead atoms. The quantitative estimate of drug-likeness (QED) is 0.603. The third kappa shape index (κ3) is 2.35. The summed E-state index contributed by atoms with van der Waals surface area (Å²) in [5, 5.41) is 0. The second kappa shape index (κ2) is 3.55. The van der Waals surface area contributed by atoms with Gasteiger partial charge in [0.15, 0.2) is 0 Å². The average Bonchev–Trinajstić information content (AvgIpc) is 2.91. The van der Waals surface area contributed by atoms with Gasteiger partial charge in [-0.3, -0.25) is 0 Å². The van der Waals surface area contributed by atoms with E-state index in [-0.39, 0.29) is 0 Å². The number of rotatable bonds is 0. The molecule has 0 radical (unpaired) electrons. The van der Waals surface area contributed by atoms with Gasteiger partial charge in [0, 0.05) is 16.0 Å². The van der Waals surface area contributed by atoms with Gasteiger partial charge >= 0.3 is 0 Å². The maximum atomic E-state index is 3.47. The third-order valence-electron chi connectivity index (χ3n) is 2.16. The minimum atomic E-state index is 0.684. The SMILES string of the molecule is Cc1cc(C#CC2CC2)ccc1Br. The Morgan fingerprint density at radius 2 is 2.15 bits per heavy atom. The van der Waals surface area contributed by atoms with Crippen molar-refractivity contribution in [2.45, 2.75) is 19.8 Å². The van der Waals surface area contributed by atoms with E-state index in [9.17, 15) is 0 Å². The van der Waals surface area contributed by atoms with Gasteiger partial charge in [-0.05, 0) is 43.5 Å². The molecule has 0 unspecified atom stereocenters. The third-order valence-corrected chi connectivity index (χ3v) is 3.05. The summed E-state index contributed by atoms with van der Waals surface area (Å²) in [6.45, 7) is 2.09. The summed E-state index contributed by atoms with van der Waals surface area (Å²) >= 11 is 3.47. The van der Waals surface area contributed by atoms with Gasteiger partial charge in [-0.25, -0.2) is 0 Å². The Bertz CT molecular complexity index is 378. The lowest BCUT2D eigenvalue weighted by molar-refractivity contribution is 1.18. The van der Waals surface area contributed by atoms with E-state index in [1.165, 1.54) is 18.4 Å². The maximum Gasteiger partial charge on any atom is 0.0248 e. The molecule has 0 atom stereocenters. The van der Waals surface area contributed by atoms with E-state index in [0.717, 1.165) is 10.0 Å². The molecule has 13 heavy (non-hydrogen) atoms. The van der Waals surface area contributed by atoms with Crippen molar-refractivity contribution in [1.29, 1.82) is 0 Å². The number of hydrogen-bond donors (Lipinski definition) is 0. The monoisotopic (exact) mass is 234 g/mol. The summed E-state index contributed by atoms with van der Waals surface area (Å²) in [6, 6.07) is 6.25. The summed E-state index contributed by atoms with van der Waals surface area (Å²) in [5.41, 5.74) is 2.38. The van der Waals surface area contributed by atoms with E-state index >= 15 is 0 Å². The van der Waals surface area contributed by atoms with Crippen LogP contribution in [-0.2, 0) is 0 Å². The molecule has 0 aromatic heterocycles. The minimum Gasteiger partial charge on any atom is -0.0945 e. The Balaban J connectivity index is 2.22. The van der Waals surface area contributed by atoms with Gasteiger partial charge in [-0.2, -0.15) is 0 Å². The normalized spacial score (nSPS) is 14.9. The zero-order chi connectivity index (χ0) is 9.26. The molecular weight excluding hydrogens is 224 g/mol. The second-order valence-corrected chi connectivity index (χ2v) is 4.36. The fraction of sp³-hybridized carbons (Fsp3) is 0.333. The lowest BCUT2D eigenvalue weighted by Gasteiger charge is -1.96. The van der Waals surface area contributed by atoms with Crippen molar-refractivity contribution in [1.82, 2.24) is 0 Å². The van der Waals surface area contributed by atoms with Crippen LogP contribution in [0, 0.1) is 24.7 Å². The van der Waals surface area contributed by atoms with E-state index in [1.807, 2.05) is 0 Å². The van der Waals surface area contributed by atoms with Gasteiger partial charge in [0.25, 0.3) is 0 Å². The first-order chi connectivity index (χ1) is 6.25. The molecule has 0 heterocycles. The summed E-state index contributed by atoms with van der Waals surface area (Å²) < 4.78 is 1.16. The smallest absolute Gasteiger partial charge is 0.0248 e. The van der Waals surface area contributed by atoms with Crippen LogP contribution in [0.1, 0.15) is 24.0 Å². The van der Waals surface area contributed by atoms with Crippen molar-refractivity contribution >= 4 is 15.9 Å². The average molecular weight is 235 g/mol. The molecule has 0 aliphatic heterocycles. The fourth-order valence-electron chi connectivity index (χ4n) is 1.14. The number of hydrogen-bond acceptors (Lipinski definition) is 0. The molecule has 1 aliphatic carbocycles. The Morgan fingerprint density at radius 3 is 2.77 bits per heavy atom. The maximum absolute atomic E-state index is 3.47. The van der Waals surface area contributed by atoms with Crippen LogP contribution in [0.5, 0.6) is 0 Å². The van der Waals surface area contributed by atoms with Gasteiger partial charge < -0.3 is 0 Å². The largest absolute Gasteiger partial charge is 0.0945 e. The predicted molar refractivity (Wildman–Crippen MR) is 58.5 cm³/mol. The molecule has 0 spiro atoms. The van der Waals surface area contributed by atoms with E-state index in [1.54, 1.807) is 0 Å². The molecule has 0 amide bonds. The summed E-state index contributed by atoms with van der Waals surface area (Å²) in [5.74, 6) is 7.14. The molecule has 1 aliphatic rings. The first-order valence-electron chi connectivity index (χ1n) is 4.53. The van der Waals surface area contributed by atoms with Crippen LogP contribution in [-0.4, -0.2) is 0 Å². The highest BCUT2D eigenvalue weighted by molar-refractivity contribution is 9.10. The van der Waals surface area contributed by atoms with Crippen molar-refractivity contribution in [3.8, 4) is 11.8 Å². The van der Waals surface area contributed by atoms with Crippen LogP contribution in [0.15, 0.2) is 22.7 Å². The van der Waals surface area contributed by atoms with Crippen LogP contribution in [0.2, 0.25) is 0 Å². The first-order valence-corrected chi connectivity index (χ1v) is 5.33. The molecule has 1 saturated carbocycles. The number of halogens is 1. The zero-order valence-corrected chi connectivity index (χ0v) is 9.19. The summed E-state index contributed by atoms with van der Waals surface area (Å²) in [7, 11) is 0. The molecule has 0 N–H and O–H groups in total. The highest BCUT2D eigenvalue weighted by atomic mass is 79.9. The van der Waals surface area contributed by atoms with Gasteiger partial charge in [0.05, 0.1) is 0 Å². The molecule has 1 heteroatoms. The van der Waals surface area contributed by atoms with Gasteiger partial charge in [-0.1, -0.05) is 27.8 Å². The van der Waals surface area contributed by atoms with E-state index in [2.05, 4.69) is 52.9 Å². The predicted octanol–water partition coefficient (Wildman–Crippen LogP) is 3.52. The fourth-order valence-corrected chi connectivity index (χ4v) is 1.38. The molecule has 2 rings (SSSR count). The van der Waals surface area contributed by atoms with Crippen molar-refractivity contribution in [3.05, 3.63) is 33.8 Å². The Labute approximate surface area is 87.5 Å². The molecule has 66 valence electrons. The van der Waals surface area contributed by atoms with Crippen LogP contribution >= 0.6 is 15.9 Å². The Kier molecular flexibility index (Phi) is 2.42. The van der Waals surface area contributed by atoms with Crippen molar-refractivity contribution in [2.75, 3.05) is 0 Å². The molecule has 1 aromatic carbocycles. The Hall–Kier alpha value is -0.740. The lowest BCUT2D eigenvalue weighted by atomic mass is 10.1. The molecule has 1 fully saturated rings. The van der Waals surface area contributed by atoms with Crippen molar-refractivity contribution in [3.63, 3.8) is 0 Å². The van der Waals surface area contributed by atoms with Crippen LogP contribution in [0.4, 0.5) is 0 Å². The van der Waals surface area contributed by atoms with Crippen molar-refractivity contribution < 1.29 is 0 Å². The zero-order valence-electron chi connectivity index (χ0n) is 7.60. The van der Waals surface area contributed by atoms with Crippen LogP contribution in [0.25, 0.3) is 0 Å². The topological polar surface area (TPSA) is 0 Å².